The Balaban J connectivity index is 0. The van der Waals surface area contributed by atoms with Gasteiger partial charge in [-0.25, -0.2) is 0 Å². The van der Waals surface area contributed by atoms with Crippen LogP contribution < -0.4 is 0 Å². The summed E-state index contributed by atoms with van der Waals surface area (Å²) in [6.07, 6.45) is 1.77. The summed E-state index contributed by atoms with van der Waals surface area (Å²) < 4.78 is 0. The van der Waals surface area contributed by atoms with E-state index in [1.165, 1.54) is 22.3 Å². The molecule has 0 aliphatic rings. The normalized spacial score (nSPS) is 11.2. The van der Waals surface area contributed by atoms with Gasteiger partial charge >= 0.3 is 0 Å². The summed E-state index contributed by atoms with van der Waals surface area (Å²) in [6.45, 7) is 26.2. The van der Waals surface area contributed by atoms with Crippen molar-refractivity contribution in [2.45, 2.75) is 81.8 Å². The lowest BCUT2D eigenvalue weighted by atomic mass is 9.78. The van der Waals surface area contributed by atoms with E-state index in [4.69, 9.17) is 0 Å². The molecule has 1 rings (SSSR count). The molecule has 0 radical (unpaired) electrons. The van der Waals surface area contributed by atoms with Gasteiger partial charge in [0.05, 0.1) is 5.60 Å². The first-order chi connectivity index (χ1) is 10.2. The highest BCUT2D eigenvalue weighted by Crippen LogP contribution is 2.30. The first-order valence-electron chi connectivity index (χ1n) is 8.56. The molecule has 0 bridgehead atoms. The Bertz CT molecular complexity index is 420. The predicted molar refractivity (Wildman–Crippen MR) is 106 cm³/mol. The molecule has 0 unspecified atom stereocenters. The summed E-state index contributed by atoms with van der Waals surface area (Å²) in [5, 5.41) is 9.47. The lowest BCUT2D eigenvalue weighted by Crippen LogP contribution is -2.36. The van der Waals surface area contributed by atoms with Gasteiger partial charge in [0.15, 0.2) is 0 Å². The van der Waals surface area contributed by atoms with Crippen molar-refractivity contribution >= 4 is 0 Å². The number of hydrogen-bond acceptors (Lipinski definition) is 1. The van der Waals surface area contributed by atoms with Crippen molar-refractivity contribution in [1.29, 1.82) is 0 Å². The summed E-state index contributed by atoms with van der Waals surface area (Å²) in [6, 6.07) is 4.48. The molecule has 1 heteroatoms. The molecule has 0 spiro atoms. The number of aliphatic hydroxyl groups is 1. The molecule has 0 aliphatic carbocycles. The summed E-state index contributed by atoms with van der Waals surface area (Å²) in [5.41, 5.74) is 4.69. The minimum Gasteiger partial charge on any atom is -0.390 e. The number of aryl methyl sites for hydroxylation is 4. The average molecular weight is 321 g/mol. The van der Waals surface area contributed by atoms with Crippen LogP contribution in [0.5, 0.6) is 0 Å². The summed E-state index contributed by atoms with van der Waals surface area (Å²) in [5.74, 6) is 0.833. The van der Waals surface area contributed by atoms with Gasteiger partial charge in [0.1, 0.15) is 0 Å². The van der Waals surface area contributed by atoms with Crippen molar-refractivity contribution in [2.24, 2.45) is 11.3 Å². The highest BCUT2D eigenvalue weighted by atomic mass is 16.3. The van der Waals surface area contributed by atoms with E-state index in [0.717, 1.165) is 5.92 Å². The van der Waals surface area contributed by atoms with Crippen molar-refractivity contribution < 1.29 is 5.11 Å². The summed E-state index contributed by atoms with van der Waals surface area (Å²) in [4.78, 5) is 0. The molecule has 1 N–H and O–H groups in total. The Labute approximate surface area is 145 Å². The van der Waals surface area contributed by atoms with E-state index in [9.17, 15) is 5.11 Å². The molecule has 0 aliphatic heterocycles. The quantitative estimate of drug-likeness (QED) is 0.612. The van der Waals surface area contributed by atoms with Crippen molar-refractivity contribution in [3.8, 4) is 0 Å². The first-order valence-corrected chi connectivity index (χ1v) is 8.56. The predicted octanol–water partition coefficient (Wildman–Crippen LogP) is 6.55. The number of rotatable bonds is 2. The molecular weight excluding hydrogens is 280 g/mol. The van der Waals surface area contributed by atoms with E-state index < -0.39 is 5.60 Å². The van der Waals surface area contributed by atoms with Crippen LogP contribution in [0.15, 0.2) is 24.8 Å². The fourth-order valence-electron chi connectivity index (χ4n) is 1.35. The molecule has 0 heterocycles. The van der Waals surface area contributed by atoms with Gasteiger partial charge in [-0.2, -0.15) is 0 Å². The number of benzene rings is 1. The highest BCUT2D eigenvalue weighted by molar-refractivity contribution is 5.35. The molecule has 0 fully saturated rings. The molecule has 0 atom stereocenters. The van der Waals surface area contributed by atoms with Gasteiger partial charge in [-0.1, -0.05) is 52.8 Å². The van der Waals surface area contributed by atoms with E-state index in [1.54, 1.807) is 19.9 Å². The van der Waals surface area contributed by atoms with E-state index >= 15 is 0 Å². The van der Waals surface area contributed by atoms with Crippen molar-refractivity contribution in [3.05, 3.63) is 47.0 Å². The minimum absolute atomic E-state index is 0.201. The molecule has 1 aromatic carbocycles. The van der Waals surface area contributed by atoms with Crippen LogP contribution in [-0.4, -0.2) is 10.7 Å². The van der Waals surface area contributed by atoms with Gasteiger partial charge in [-0.05, 0) is 69.7 Å². The van der Waals surface area contributed by atoms with Crippen LogP contribution in [-0.2, 0) is 0 Å². The molecule has 0 saturated heterocycles. The maximum atomic E-state index is 9.47. The lowest BCUT2D eigenvalue weighted by Gasteiger charge is -2.34. The Hall–Kier alpha value is -1.08. The minimum atomic E-state index is -0.672. The lowest BCUT2D eigenvalue weighted by molar-refractivity contribution is -0.00719. The smallest absolute Gasteiger partial charge is 0.0676 e. The second-order valence-corrected chi connectivity index (χ2v) is 8.24. The third kappa shape index (κ3) is 10.3. The Morgan fingerprint density at radius 2 is 1.04 bits per heavy atom. The molecule has 1 aromatic rings. The van der Waals surface area contributed by atoms with Gasteiger partial charge in [0, 0.05) is 5.41 Å². The number of hydrogen-bond donors (Lipinski definition) is 1. The maximum Gasteiger partial charge on any atom is 0.0676 e. The van der Waals surface area contributed by atoms with Crippen LogP contribution in [0.25, 0.3) is 0 Å². The van der Waals surface area contributed by atoms with Gasteiger partial charge in [0.25, 0.3) is 0 Å². The first kappa shape index (κ1) is 24.2. The fraction of sp³-hybridized carbons (Fsp3) is 0.636. The van der Waals surface area contributed by atoms with Crippen LogP contribution in [0.2, 0.25) is 0 Å². The Morgan fingerprint density at radius 3 is 1.13 bits per heavy atom. The van der Waals surface area contributed by atoms with Crippen LogP contribution in [0.3, 0.4) is 0 Å². The van der Waals surface area contributed by atoms with Crippen LogP contribution in [0.1, 0.15) is 70.7 Å². The van der Waals surface area contributed by atoms with Gasteiger partial charge < -0.3 is 5.11 Å². The van der Waals surface area contributed by atoms with Crippen LogP contribution in [0, 0.1) is 39.0 Å². The third-order valence-electron chi connectivity index (χ3n) is 4.20. The van der Waals surface area contributed by atoms with E-state index in [-0.39, 0.29) is 5.41 Å². The van der Waals surface area contributed by atoms with Crippen molar-refractivity contribution in [1.82, 2.24) is 0 Å². The van der Waals surface area contributed by atoms with Crippen molar-refractivity contribution in [2.75, 3.05) is 0 Å². The van der Waals surface area contributed by atoms with E-state index in [2.05, 4.69) is 67.2 Å². The monoisotopic (exact) mass is 320 g/mol. The Kier molecular flexibility index (Phi) is 10.4. The molecule has 0 saturated carbocycles. The highest BCUT2D eigenvalue weighted by Gasteiger charge is 2.31. The standard InChI is InChI=1S/C10H14.C8H16O.C4H10/c1-7-5-9(3)10(4)6-8(7)2;1-6-7(2,3)8(4,5)9;1-4(2)3/h5-6H,1-4H3;6,9H,1H2,2-5H3;4H,1-3H3. The zero-order chi connectivity index (χ0) is 19.0. The SMILES string of the molecule is C=CC(C)(C)C(C)(C)O.CC(C)C.Cc1cc(C)c(C)cc1C. The summed E-state index contributed by atoms with van der Waals surface area (Å²) >= 11 is 0. The van der Waals surface area contributed by atoms with Gasteiger partial charge in [-0.3, -0.25) is 0 Å². The maximum absolute atomic E-state index is 9.47. The largest absolute Gasteiger partial charge is 0.390 e. The second kappa shape index (κ2) is 9.93. The molecule has 23 heavy (non-hydrogen) atoms. The van der Waals surface area contributed by atoms with E-state index in [1.807, 2.05) is 13.8 Å². The van der Waals surface area contributed by atoms with Gasteiger partial charge in [0.2, 0.25) is 0 Å². The van der Waals surface area contributed by atoms with Crippen molar-refractivity contribution in [3.63, 3.8) is 0 Å². The van der Waals surface area contributed by atoms with E-state index in [0.29, 0.717) is 0 Å². The topological polar surface area (TPSA) is 20.2 Å². The Morgan fingerprint density at radius 1 is 0.826 bits per heavy atom. The molecule has 1 nitrogen and oxygen atoms in total. The summed E-state index contributed by atoms with van der Waals surface area (Å²) in [7, 11) is 0. The zero-order valence-corrected chi connectivity index (χ0v) is 17.5. The third-order valence-corrected chi connectivity index (χ3v) is 4.20. The van der Waals surface area contributed by atoms with Crippen LogP contribution >= 0.6 is 0 Å². The molecule has 0 amide bonds. The average Bonchev–Trinajstić information content (AvgIpc) is 2.35. The zero-order valence-electron chi connectivity index (χ0n) is 17.5. The second-order valence-electron chi connectivity index (χ2n) is 8.24. The molecule has 0 aromatic heterocycles. The van der Waals surface area contributed by atoms with Crippen LogP contribution in [0.4, 0.5) is 0 Å². The fourth-order valence-corrected chi connectivity index (χ4v) is 1.35. The molecule has 134 valence electrons. The molecular formula is C22H40O. The van der Waals surface area contributed by atoms with Gasteiger partial charge in [-0.15, -0.1) is 6.58 Å².